The molecule has 0 aliphatic carbocycles. The molecule has 0 spiro atoms. The lowest BCUT2D eigenvalue weighted by atomic mass is 10.0. The molecule has 8 heteroatoms. The number of carbonyl (C=O) groups is 1. The van der Waals surface area contributed by atoms with Crippen molar-refractivity contribution in [1.29, 1.82) is 0 Å². The third kappa shape index (κ3) is 3.96. The molecule has 0 aliphatic rings. The number of methoxy groups -OCH3 is 1. The molecule has 8 nitrogen and oxygen atoms in total. The molecular formula is C17H24N4O4. The molecule has 0 unspecified atom stereocenters. The number of aryl methyl sites for hydroxylation is 1. The second-order valence-electron chi connectivity index (χ2n) is 6.05. The Morgan fingerprint density at radius 2 is 2.12 bits per heavy atom. The van der Waals surface area contributed by atoms with E-state index in [0.29, 0.717) is 31.8 Å². The zero-order valence-electron chi connectivity index (χ0n) is 15.0. The number of fused-ring (bicyclic) bond motifs is 1. The lowest BCUT2D eigenvalue weighted by molar-refractivity contribution is 0.0950. The van der Waals surface area contributed by atoms with Gasteiger partial charge >= 0.3 is 5.69 Å². The highest BCUT2D eigenvalue weighted by molar-refractivity contribution is 6.05. The first-order valence-corrected chi connectivity index (χ1v) is 8.35. The van der Waals surface area contributed by atoms with E-state index in [4.69, 9.17) is 4.74 Å². The maximum atomic E-state index is 12.6. The lowest BCUT2D eigenvalue weighted by Gasteiger charge is -2.14. The number of pyridine rings is 1. The van der Waals surface area contributed by atoms with E-state index in [1.807, 2.05) is 13.8 Å². The molecule has 0 atom stereocenters. The van der Waals surface area contributed by atoms with Crippen molar-refractivity contribution in [1.82, 2.24) is 19.9 Å². The van der Waals surface area contributed by atoms with Crippen LogP contribution in [0.4, 0.5) is 0 Å². The summed E-state index contributed by atoms with van der Waals surface area (Å²) in [5.74, 6) is -0.318. The van der Waals surface area contributed by atoms with E-state index in [1.54, 1.807) is 20.1 Å². The largest absolute Gasteiger partial charge is 0.385 e. The third-order valence-electron chi connectivity index (χ3n) is 3.93. The molecule has 0 aliphatic heterocycles. The van der Waals surface area contributed by atoms with Gasteiger partial charge in [-0.15, -0.1) is 0 Å². The number of H-pyrrole nitrogens is 1. The van der Waals surface area contributed by atoms with Crippen LogP contribution in [0.3, 0.4) is 0 Å². The van der Waals surface area contributed by atoms with Crippen molar-refractivity contribution in [3.8, 4) is 0 Å². The summed E-state index contributed by atoms with van der Waals surface area (Å²) in [7, 11) is 1.59. The molecule has 0 bridgehead atoms. The van der Waals surface area contributed by atoms with E-state index in [9.17, 15) is 14.4 Å². The molecule has 2 aromatic heterocycles. The first kappa shape index (κ1) is 18.9. The van der Waals surface area contributed by atoms with Crippen molar-refractivity contribution in [2.45, 2.75) is 39.7 Å². The van der Waals surface area contributed by atoms with E-state index in [-0.39, 0.29) is 28.4 Å². The van der Waals surface area contributed by atoms with E-state index in [1.165, 1.54) is 4.57 Å². The van der Waals surface area contributed by atoms with E-state index in [0.717, 1.165) is 0 Å². The van der Waals surface area contributed by atoms with E-state index in [2.05, 4.69) is 15.3 Å². The first-order valence-electron chi connectivity index (χ1n) is 8.35. The second kappa shape index (κ2) is 8.06. The highest BCUT2D eigenvalue weighted by Gasteiger charge is 2.19. The normalized spacial score (nSPS) is 11.2. The van der Waals surface area contributed by atoms with Gasteiger partial charge in [-0.1, -0.05) is 13.8 Å². The van der Waals surface area contributed by atoms with Gasteiger partial charge in [-0.25, -0.2) is 9.78 Å². The summed E-state index contributed by atoms with van der Waals surface area (Å²) in [6, 6.07) is 1.62. The molecule has 0 fully saturated rings. The molecule has 0 saturated heterocycles. The average Bonchev–Trinajstić information content (AvgIpc) is 2.57. The summed E-state index contributed by atoms with van der Waals surface area (Å²) in [6.07, 6.45) is 0.665. The standard InChI is InChI=1S/C17H24N4O4/c1-5-21-14-13(16(23)20-17(21)24)11(9-12(19-14)10(2)3)15(22)18-7-6-8-25-4/h9-10H,5-8H2,1-4H3,(H,18,22)(H,20,23,24). The van der Waals surface area contributed by atoms with Gasteiger partial charge in [0.15, 0.2) is 5.65 Å². The zero-order valence-corrected chi connectivity index (χ0v) is 15.0. The number of rotatable bonds is 7. The van der Waals surface area contributed by atoms with Crippen molar-refractivity contribution in [3.63, 3.8) is 0 Å². The van der Waals surface area contributed by atoms with Gasteiger partial charge in [0.2, 0.25) is 0 Å². The SMILES string of the molecule is CCn1c(=O)[nH]c(=O)c2c(C(=O)NCCCOC)cc(C(C)C)nc21. The van der Waals surface area contributed by atoms with Crippen molar-refractivity contribution in [3.05, 3.63) is 38.2 Å². The number of hydrogen-bond acceptors (Lipinski definition) is 5. The van der Waals surface area contributed by atoms with Gasteiger partial charge in [-0.3, -0.25) is 19.1 Å². The van der Waals surface area contributed by atoms with Crippen LogP contribution in [0.1, 0.15) is 49.2 Å². The molecule has 2 heterocycles. The van der Waals surface area contributed by atoms with Crippen molar-refractivity contribution >= 4 is 16.9 Å². The van der Waals surface area contributed by atoms with Crippen LogP contribution in [-0.2, 0) is 11.3 Å². The smallest absolute Gasteiger partial charge is 0.329 e. The fraction of sp³-hybridized carbons (Fsp3) is 0.529. The van der Waals surface area contributed by atoms with Crippen molar-refractivity contribution in [2.24, 2.45) is 0 Å². The molecule has 2 N–H and O–H groups in total. The molecular weight excluding hydrogens is 324 g/mol. The topological polar surface area (TPSA) is 106 Å². The number of aromatic nitrogens is 3. The summed E-state index contributed by atoms with van der Waals surface area (Å²) >= 11 is 0. The van der Waals surface area contributed by atoms with Crippen LogP contribution in [-0.4, -0.2) is 40.7 Å². The third-order valence-corrected chi connectivity index (χ3v) is 3.93. The lowest BCUT2D eigenvalue weighted by Crippen LogP contribution is -2.33. The van der Waals surface area contributed by atoms with Crippen molar-refractivity contribution in [2.75, 3.05) is 20.3 Å². The van der Waals surface area contributed by atoms with Crippen LogP contribution >= 0.6 is 0 Å². The first-order chi connectivity index (χ1) is 11.9. The Labute approximate surface area is 145 Å². The molecule has 0 aromatic carbocycles. The Morgan fingerprint density at radius 1 is 1.40 bits per heavy atom. The van der Waals surface area contributed by atoms with Crippen molar-refractivity contribution < 1.29 is 9.53 Å². The van der Waals surface area contributed by atoms with Crippen LogP contribution in [0.25, 0.3) is 11.0 Å². The predicted octanol–water partition coefficient (Wildman–Crippen LogP) is 0.994. The number of nitrogens with one attached hydrogen (secondary N) is 2. The van der Waals surface area contributed by atoms with Crippen LogP contribution in [0.15, 0.2) is 15.7 Å². The summed E-state index contributed by atoms with van der Waals surface area (Å²) in [5, 5.41) is 2.92. The van der Waals surface area contributed by atoms with E-state index < -0.39 is 11.2 Å². The zero-order chi connectivity index (χ0) is 18.6. The maximum Gasteiger partial charge on any atom is 0.329 e. The quantitative estimate of drug-likeness (QED) is 0.726. The average molecular weight is 348 g/mol. The van der Waals surface area contributed by atoms with Crippen LogP contribution in [0.5, 0.6) is 0 Å². The van der Waals surface area contributed by atoms with Crippen LogP contribution in [0.2, 0.25) is 0 Å². The van der Waals surface area contributed by atoms with Gasteiger partial charge in [0.25, 0.3) is 11.5 Å². The Bertz CT molecular complexity index is 883. The van der Waals surface area contributed by atoms with Gasteiger partial charge in [0.1, 0.15) is 0 Å². The Morgan fingerprint density at radius 3 is 2.72 bits per heavy atom. The highest BCUT2D eigenvalue weighted by atomic mass is 16.5. The Balaban J connectivity index is 2.63. The van der Waals surface area contributed by atoms with Gasteiger partial charge in [-0.05, 0) is 25.3 Å². The number of amides is 1. The van der Waals surface area contributed by atoms with Crippen LogP contribution in [0, 0.1) is 0 Å². The second-order valence-corrected chi connectivity index (χ2v) is 6.05. The molecule has 2 aromatic rings. The molecule has 0 saturated carbocycles. The number of ether oxygens (including phenoxy) is 1. The van der Waals surface area contributed by atoms with Gasteiger partial charge in [-0.2, -0.15) is 0 Å². The van der Waals surface area contributed by atoms with E-state index >= 15 is 0 Å². The number of aromatic amines is 1. The van der Waals surface area contributed by atoms with Gasteiger partial charge < -0.3 is 10.1 Å². The molecule has 2 rings (SSSR count). The summed E-state index contributed by atoms with van der Waals surface area (Å²) in [6.45, 7) is 6.97. The molecule has 1 amide bonds. The van der Waals surface area contributed by atoms with Crippen LogP contribution < -0.4 is 16.6 Å². The molecule has 0 radical (unpaired) electrons. The maximum absolute atomic E-state index is 12.6. The molecule has 136 valence electrons. The minimum Gasteiger partial charge on any atom is -0.385 e. The fourth-order valence-electron chi connectivity index (χ4n) is 2.58. The molecule has 25 heavy (non-hydrogen) atoms. The minimum absolute atomic E-state index is 0.0455. The minimum atomic E-state index is -0.602. The fourth-order valence-corrected chi connectivity index (χ4v) is 2.58. The highest BCUT2D eigenvalue weighted by Crippen LogP contribution is 2.19. The predicted molar refractivity (Wildman–Crippen MR) is 95.2 cm³/mol. The summed E-state index contributed by atoms with van der Waals surface area (Å²) < 4.78 is 6.32. The number of carbonyl (C=O) groups excluding carboxylic acids is 1. The van der Waals surface area contributed by atoms with Gasteiger partial charge in [0, 0.05) is 32.5 Å². The number of nitrogens with zero attached hydrogens (tertiary/aromatic N) is 2. The summed E-state index contributed by atoms with van der Waals surface area (Å²) in [4.78, 5) is 43.7. The summed E-state index contributed by atoms with van der Waals surface area (Å²) in [5.41, 5.74) is -0.00444. The monoisotopic (exact) mass is 348 g/mol. The Hall–Kier alpha value is -2.48. The Kier molecular flexibility index (Phi) is 6.08. The number of hydrogen-bond donors (Lipinski definition) is 2. The van der Waals surface area contributed by atoms with Gasteiger partial charge in [0.05, 0.1) is 10.9 Å².